The van der Waals surface area contributed by atoms with Crippen molar-refractivity contribution in [2.45, 2.75) is 13.3 Å². The molecule has 0 bridgehead atoms. The Morgan fingerprint density at radius 2 is 1.83 bits per heavy atom. The van der Waals surface area contributed by atoms with Gasteiger partial charge in [0.05, 0.1) is 5.69 Å². The predicted octanol–water partition coefficient (Wildman–Crippen LogP) is 3.64. The van der Waals surface area contributed by atoms with E-state index in [1.165, 1.54) is 11.3 Å². The Labute approximate surface area is 175 Å². The van der Waals surface area contributed by atoms with Crippen molar-refractivity contribution in [3.8, 4) is 0 Å². The monoisotopic (exact) mass is 410 g/mol. The van der Waals surface area contributed by atoms with Gasteiger partial charge in [-0.15, -0.1) is 11.3 Å². The van der Waals surface area contributed by atoms with Crippen LogP contribution in [0.4, 0.5) is 5.13 Å². The first-order chi connectivity index (χ1) is 13.9. The van der Waals surface area contributed by atoms with Crippen molar-refractivity contribution < 1.29 is 9.59 Å². The van der Waals surface area contributed by atoms with Crippen LogP contribution in [0.2, 0.25) is 0 Å². The maximum Gasteiger partial charge on any atom is 0.254 e. The lowest BCUT2D eigenvalue weighted by Crippen LogP contribution is -2.39. The number of hydrogen-bond donors (Lipinski definition) is 1. The van der Waals surface area contributed by atoms with Crippen molar-refractivity contribution in [1.29, 1.82) is 0 Å². The zero-order valence-corrected chi connectivity index (χ0v) is 17.8. The third kappa shape index (κ3) is 5.62. The van der Waals surface area contributed by atoms with Crippen LogP contribution in [0.25, 0.3) is 10.8 Å². The van der Waals surface area contributed by atoms with Gasteiger partial charge in [-0.05, 0) is 50.8 Å². The van der Waals surface area contributed by atoms with Gasteiger partial charge >= 0.3 is 0 Å². The summed E-state index contributed by atoms with van der Waals surface area (Å²) in [5, 5.41) is 7.14. The van der Waals surface area contributed by atoms with Gasteiger partial charge in [-0.1, -0.05) is 36.4 Å². The first-order valence-corrected chi connectivity index (χ1v) is 10.5. The molecule has 3 aromatic rings. The van der Waals surface area contributed by atoms with Crippen LogP contribution < -0.4 is 5.32 Å². The number of nitrogens with one attached hydrogen (secondary N) is 1. The number of anilines is 1. The first kappa shape index (κ1) is 21.0. The summed E-state index contributed by atoms with van der Waals surface area (Å²) in [7, 11) is 3.99. The number of nitrogens with zero attached hydrogens (tertiary/aromatic N) is 3. The summed E-state index contributed by atoms with van der Waals surface area (Å²) in [6.45, 7) is 3.22. The minimum absolute atomic E-state index is 0.00584. The number of aromatic nitrogens is 1. The Bertz CT molecular complexity index is 994. The predicted molar refractivity (Wildman–Crippen MR) is 119 cm³/mol. The van der Waals surface area contributed by atoms with Crippen LogP contribution in [-0.2, 0) is 4.79 Å². The molecule has 152 valence electrons. The number of hydrogen-bond acceptors (Lipinski definition) is 5. The lowest BCUT2D eigenvalue weighted by atomic mass is 10.0. The standard InChI is InChI=1S/C22H26N4O2S/c1-16-15-29-22(23-16)24-20(27)14-26(13-7-12-25(2)3)21(28)19-11-6-9-17-8-4-5-10-18(17)19/h4-6,8-11,15H,7,12-14H2,1-3H3,(H,23,24,27). The molecule has 2 amide bonds. The molecule has 0 unspecified atom stereocenters. The molecular weight excluding hydrogens is 384 g/mol. The van der Waals surface area contributed by atoms with E-state index in [0.717, 1.165) is 29.4 Å². The van der Waals surface area contributed by atoms with Gasteiger partial charge in [-0.3, -0.25) is 9.59 Å². The van der Waals surface area contributed by atoms with Gasteiger partial charge in [0.25, 0.3) is 5.91 Å². The molecule has 0 aliphatic rings. The molecule has 0 fully saturated rings. The van der Waals surface area contributed by atoms with Gasteiger partial charge < -0.3 is 15.1 Å². The smallest absolute Gasteiger partial charge is 0.254 e. The van der Waals surface area contributed by atoms with Crippen LogP contribution in [-0.4, -0.2) is 60.3 Å². The van der Waals surface area contributed by atoms with E-state index in [1.54, 1.807) is 4.90 Å². The highest BCUT2D eigenvalue weighted by atomic mass is 32.1. The highest BCUT2D eigenvalue weighted by Crippen LogP contribution is 2.20. The SMILES string of the molecule is Cc1csc(NC(=O)CN(CCCN(C)C)C(=O)c2cccc3ccccc23)n1. The van der Waals surface area contributed by atoms with Crippen LogP contribution in [0.5, 0.6) is 0 Å². The number of benzene rings is 2. The summed E-state index contributed by atoms with van der Waals surface area (Å²) in [5.74, 6) is -0.371. The summed E-state index contributed by atoms with van der Waals surface area (Å²) in [6.07, 6.45) is 0.785. The van der Waals surface area contributed by atoms with Crippen LogP contribution in [0.15, 0.2) is 47.8 Å². The zero-order valence-electron chi connectivity index (χ0n) is 17.0. The van der Waals surface area contributed by atoms with Crippen molar-refractivity contribution >= 4 is 39.1 Å². The molecule has 3 rings (SSSR count). The largest absolute Gasteiger partial charge is 0.329 e. The lowest BCUT2D eigenvalue weighted by Gasteiger charge is -2.23. The fourth-order valence-corrected chi connectivity index (χ4v) is 3.86. The molecule has 0 radical (unpaired) electrons. The van der Waals surface area contributed by atoms with E-state index >= 15 is 0 Å². The topological polar surface area (TPSA) is 65.5 Å². The molecule has 1 aromatic heterocycles. The highest BCUT2D eigenvalue weighted by molar-refractivity contribution is 7.13. The van der Waals surface area contributed by atoms with E-state index in [2.05, 4.69) is 15.2 Å². The number of carbonyl (C=O) groups is 2. The van der Waals surface area contributed by atoms with E-state index in [1.807, 2.05) is 68.9 Å². The van der Waals surface area contributed by atoms with Crippen LogP contribution >= 0.6 is 11.3 Å². The molecule has 1 N–H and O–H groups in total. The Kier molecular flexibility index (Phi) is 6.95. The number of amides is 2. The average Bonchev–Trinajstić information content (AvgIpc) is 3.10. The average molecular weight is 411 g/mol. The summed E-state index contributed by atoms with van der Waals surface area (Å²) in [6, 6.07) is 13.5. The van der Waals surface area contributed by atoms with E-state index in [-0.39, 0.29) is 18.4 Å². The van der Waals surface area contributed by atoms with Crippen molar-refractivity contribution in [3.63, 3.8) is 0 Å². The fourth-order valence-electron chi connectivity index (χ4n) is 3.16. The van der Waals surface area contributed by atoms with Crippen molar-refractivity contribution in [3.05, 3.63) is 59.1 Å². The summed E-state index contributed by atoms with van der Waals surface area (Å²) in [5.41, 5.74) is 1.48. The number of carbonyl (C=O) groups excluding carboxylic acids is 2. The van der Waals surface area contributed by atoms with Crippen LogP contribution in [0, 0.1) is 6.92 Å². The Morgan fingerprint density at radius 1 is 1.07 bits per heavy atom. The minimum Gasteiger partial charge on any atom is -0.329 e. The quantitative estimate of drug-likeness (QED) is 0.616. The van der Waals surface area contributed by atoms with Crippen molar-refractivity contribution in [1.82, 2.24) is 14.8 Å². The summed E-state index contributed by atoms with van der Waals surface area (Å²) >= 11 is 1.38. The van der Waals surface area contributed by atoms with E-state index in [4.69, 9.17) is 0 Å². The van der Waals surface area contributed by atoms with Gasteiger partial charge in [-0.2, -0.15) is 0 Å². The first-order valence-electron chi connectivity index (χ1n) is 9.58. The molecule has 7 heteroatoms. The normalized spacial score (nSPS) is 11.0. The summed E-state index contributed by atoms with van der Waals surface area (Å²) in [4.78, 5) is 33.9. The minimum atomic E-state index is -0.238. The molecular formula is C22H26N4O2S. The molecule has 0 spiro atoms. The third-order valence-corrected chi connectivity index (χ3v) is 5.42. The molecule has 0 aliphatic carbocycles. The molecule has 0 saturated carbocycles. The maximum absolute atomic E-state index is 13.3. The molecule has 1 heterocycles. The van der Waals surface area contributed by atoms with E-state index < -0.39 is 0 Å². The Balaban J connectivity index is 1.79. The van der Waals surface area contributed by atoms with E-state index in [0.29, 0.717) is 17.2 Å². The zero-order chi connectivity index (χ0) is 20.8. The Morgan fingerprint density at radius 3 is 2.55 bits per heavy atom. The molecule has 6 nitrogen and oxygen atoms in total. The van der Waals surface area contributed by atoms with Crippen molar-refractivity contribution in [2.24, 2.45) is 0 Å². The second-order valence-corrected chi connectivity index (χ2v) is 8.11. The summed E-state index contributed by atoms with van der Waals surface area (Å²) < 4.78 is 0. The molecule has 29 heavy (non-hydrogen) atoms. The van der Waals surface area contributed by atoms with Gasteiger partial charge in [-0.25, -0.2) is 4.98 Å². The van der Waals surface area contributed by atoms with E-state index in [9.17, 15) is 9.59 Å². The highest BCUT2D eigenvalue weighted by Gasteiger charge is 2.21. The fraction of sp³-hybridized carbons (Fsp3) is 0.318. The number of fused-ring (bicyclic) bond motifs is 1. The maximum atomic E-state index is 13.3. The van der Waals surface area contributed by atoms with Gasteiger partial charge in [0.15, 0.2) is 5.13 Å². The second-order valence-electron chi connectivity index (χ2n) is 7.25. The third-order valence-electron chi connectivity index (χ3n) is 4.54. The van der Waals surface area contributed by atoms with Gasteiger partial charge in [0.1, 0.15) is 6.54 Å². The lowest BCUT2D eigenvalue weighted by molar-refractivity contribution is -0.116. The van der Waals surface area contributed by atoms with Crippen molar-refractivity contribution in [2.75, 3.05) is 39.0 Å². The molecule has 0 atom stereocenters. The van der Waals surface area contributed by atoms with Crippen LogP contribution in [0.3, 0.4) is 0 Å². The second kappa shape index (κ2) is 9.62. The molecule has 0 aliphatic heterocycles. The molecule has 2 aromatic carbocycles. The number of thiazole rings is 1. The number of rotatable bonds is 8. The van der Waals surface area contributed by atoms with Gasteiger partial charge in [0, 0.05) is 17.5 Å². The van der Waals surface area contributed by atoms with Crippen LogP contribution in [0.1, 0.15) is 22.5 Å². The molecule has 0 saturated heterocycles. The van der Waals surface area contributed by atoms with Gasteiger partial charge in [0.2, 0.25) is 5.91 Å². The number of aryl methyl sites for hydroxylation is 1. The Hall–Kier alpha value is -2.77.